The third kappa shape index (κ3) is 3.04. The summed E-state index contributed by atoms with van der Waals surface area (Å²) in [6, 6.07) is 0. The predicted octanol–water partition coefficient (Wildman–Crippen LogP) is -0.464. The zero-order valence-electron chi connectivity index (χ0n) is 10.0. The van der Waals surface area contributed by atoms with Gasteiger partial charge < -0.3 is 19.4 Å². The topological polar surface area (TPSA) is 65.4 Å². The zero-order valence-corrected chi connectivity index (χ0v) is 10.0. The minimum atomic E-state index is -0.232. The van der Waals surface area contributed by atoms with Crippen LogP contribution in [-0.2, 0) is 11.8 Å². The molecule has 0 spiro atoms. The van der Waals surface area contributed by atoms with Gasteiger partial charge in [0.25, 0.3) is 5.88 Å². The van der Waals surface area contributed by atoms with E-state index < -0.39 is 0 Å². The molecule has 1 saturated heterocycles. The van der Waals surface area contributed by atoms with Gasteiger partial charge in [0.05, 0.1) is 6.10 Å². The largest absolute Gasteiger partial charge is 0.471 e. The molecule has 1 aromatic heterocycles. The predicted molar refractivity (Wildman–Crippen MR) is 62.2 cm³/mol. The van der Waals surface area contributed by atoms with Crippen LogP contribution in [0.1, 0.15) is 6.92 Å². The summed E-state index contributed by atoms with van der Waals surface area (Å²) in [7, 11) is 1.66. The van der Waals surface area contributed by atoms with Gasteiger partial charge in [-0.2, -0.15) is 0 Å². The molecule has 6 nitrogen and oxygen atoms in total. The van der Waals surface area contributed by atoms with Gasteiger partial charge in [0.1, 0.15) is 12.7 Å². The molecule has 6 heteroatoms. The van der Waals surface area contributed by atoms with Crippen molar-refractivity contribution in [2.45, 2.75) is 19.1 Å². The Morgan fingerprint density at radius 1 is 1.65 bits per heavy atom. The van der Waals surface area contributed by atoms with E-state index >= 15 is 0 Å². The molecule has 2 atom stereocenters. The second kappa shape index (κ2) is 5.29. The minimum absolute atomic E-state index is 0.0366. The van der Waals surface area contributed by atoms with Gasteiger partial charge in [0.2, 0.25) is 0 Å². The molecule has 2 rings (SSSR count). The van der Waals surface area contributed by atoms with Crippen molar-refractivity contribution in [1.29, 1.82) is 0 Å². The molecule has 1 aliphatic heterocycles. The average molecular weight is 239 g/mol. The van der Waals surface area contributed by atoms with Crippen molar-refractivity contribution < 1.29 is 9.47 Å². The monoisotopic (exact) mass is 239 g/mol. The Morgan fingerprint density at radius 2 is 2.47 bits per heavy atom. The number of morpholine rings is 1. The lowest BCUT2D eigenvalue weighted by atomic mass is 10.2. The molecule has 0 bridgehead atoms. The Hall–Kier alpha value is -1.40. The molecule has 94 valence electrons. The van der Waals surface area contributed by atoms with E-state index in [0.717, 1.165) is 13.1 Å². The van der Waals surface area contributed by atoms with Crippen LogP contribution >= 0.6 is 0 Å². The molecule has 1 aliphatic rings. The molecule has 0 aliphatic carbocycles. The Labute approximate surface area is 99.6 Å². The summed E-state index contributed by atoms with van der Waals surface area (Å²) >= 11 is 0. The first-order valence-corrected chi connectivity index (χ1v) is 5.67. The molecule has 1 aromatic rings. The summed E-state index contributed by atoms with van der Waals surface area (Å²) in [5.41, 5.74) is -0.232. The maximum atomic E-state index is 11.6. The number of aromatic nitrogens is 2. The minimum Gasteiger partial charge on any atom is -0.471 e. The van der Waals surface area contributed by atoms with Gasteiger partial charge in [0.15, 0.2) is 0 Å². The van der Waals surface area contributed by atoms with Gasteiger partial charge in [-0.25, -0.2) is 4.98 Å². The number of hydrogen-bond acceptors (Lipinski definition) is 5. The fourth-order valence-electron chi connectivity index (χ4n) is 1.72. The van der Waals surface area contributed by atoms with Gasteiger partial charge in [-0.3, -0.25) is 4.79 Å². The van der Waals surface area contributed by atoms with E-state index in [1.54, 1.807) is 19.4 Å². The molecule has 0 amide bonds. The molecule has 1 N–H and O–H groups in total. The molecule has 0 radical (unpaired) electrons. The van der Waals surface area contributed by atoms with E-state index in [2.05, 4.69) is 10.3 Å². The highest BCUT2D eigenvalue weighted by Crippen LogP contribution is 2.05. The highest BCUT2D eigenvalue weighted by Gasteiger charge is 2.19. The summed E-state index contributed by atoms with van der Waals surface area (Å²) in [4.78, 5) is 15.5. The van der Waals surface area contributed by atoms with Crippen molar-refractivity contribution in [1.82, 2.24) is 14.9 Å². The number of hydrogen-bond donors (Lipinski definition) is 1. The van der Waals surface area contributed by atoms with E-state index in [4.69, 9.17) is 9.47 Å². The molecular weight excluding hydrogens is 222 g/mol. The summed E-state index contributed by atoms with van der Waals surface area (Å²) < 4.78 is 12.5. The number of nitrogens with one attached hydrogen (secondary N) is 1. The van der Waals surface area contributed by atoms with Crippen LogP contribution in [0.2, 0.25) is 0 Å². The number of nitrogens with zero attached hydrogens (tertiary/aromatic N) is 2. The van der Waals surface area contributed by atoms with Crippen LogP contribution in [0.4, 0.5) is 0 Å². The third-order valence-electron chi connectivity index (χ3n) is 2.62. The Kier molecular flexibility index (Phi) is 3.75. The third-order valence-corrected chi connectivity index (χ3v) is 2.62. The van der Waals surface area contributed by atoms with Gasteiger partial charge in [-0.1, -0.05) is 0 Å². The first-order chi connectivity index (χ1) is 8.16. The molecule has 2 unspecified atom stereocenters. The van der Waals surface area contributed by atoms with Crippen molar-refractivity contribution in [2.75, 3.05) is 19.7 Å². The van der Waals surface area contributed by atoms with Crippen LogP contribution in [0.5, 0.6) is 5.88 Å². The lowest BCUT2D eigenvalue weighted by Crippen LogP contribution is -2.46. The summed E-state index contributed by atoms with van der Waals surface area (Å²) in [6.07, 6.45) is 3.27. The standard InChI is InChI=1S/C11H17N3O3/c1-8-5-12-6-9(17-8)7-16-10-11(15)14(2)4-3-13-10/h3-4,8-9,12H,5-7H2,1-2H3. The highest BCUT2D eigenvalue weighted by atomic mass is 16.5. The van der Waals surface area contributed by atoms with Gasteiger partial charge in [0, 0.05) is 32.5 Å². The summed E-state index contributed by atoms with van der Waals surface area (Å²) in [5, 5.41) is 3.24. The lowest BCUT2D eigenvalue weighted by molar-refractivity contribution is -0.0479. The first-order valence-electron chi connectivity index (χ1n) is 5.67. The number of aryl methyl sites for hydroxylation is 1. The van der Waals surface area contributed by atoms with Crippen molar-refractivity contribution in [3.8, 4) is 5.88 Å². The molecular formula is C11H17N3O3. The van der Waals surface area contributed by atoms with E-state index in [-0.39, 0.29) is 23.6 Å². The van der Waals surface area contributed by atoms with Gasteiger partial charge in [-0.15, -0.1) is 0 Å². The number of rotatable bonds is 3. The fourth-order valence-corrected chi connectivity index (χ4v) is 1.72. The summed E-state index contributed by atoms with van der Waals surface area (Å²) in [5.74, 6) is 0.122. The van der Waals surface area contributed by atoms with Gasteiger partial charge in [-0.05, 0) is 6.92 Å². The second-order valence-corrected chi connectivity index (χ2v) is 4.19. The SMILES string of the molecule is CC1CNCC(COc2nccn(C)c2=O)O1. The van der Waals surface area contributed by atoms with Crippen molar-refractivity contribution in [3.63, 3.8) is 0 Å². The Balaban J connectivity index is 1.93. The van der Waals surface area contributed by atoms with Crippen LogP contribution in [0.15, 0.2) is 17.2 Å². The lowest BCUT2D eigenvalue weighted by Gasteiger charge is -2.28. The number of ether oxygens (including phenoxy) is 2. The molecule has 0 saturated carbocycles. The van der Waals surface area contributed by atoms with Crippen LogP contribution < -0.4 is 15.6 Å². The van der Waals surface area contributed by atoms with E-state index in [1.165, 1.54) is 4.57 Å². The van der Waals surface area contributed by atoms with Crippen LogP contribution in [0, 0.1) is 0 Å². The molecule has 1 fully saturated rings. The van der Waals surface area contributed by atoms with E-state index in [0.29, 0.717) is 6.61 Å². The quantitative estimate of drug-likeness (QED) is 0.773. The van der Waals surface area contributed by atoms with Crippen LogP contribution in [-0.4, -0.2) is 41.5 Å². The molecule has 17 heavy (non-hydrogen) atoms. The molecule has 2 heterocycles. The second-order valence-electron chi connectivity index (χ2n) is 4.19. The Bertz CT molecular complexity index is 432. The van der Waals surface area contributed by atoms with Gasteiger partial charge >= 0.3 is 5.56 Å². The normalized spacial score (nSPS) is 24.6. The molecule has 0 aromatic carbocycles. The summed E-state index contributed by atoms with van der Waals surface area (Å²) in [6.45, 7) is 3.92. The maximum absolute atomic E-state index is 11.6. The van der Waals surface area contributed by atoms with E-state index in [1.807, 2.05) is 6.92 Å². The van der Waals surface area contributed by atoms with Crippen LogP contribution in [0.3, 0.4) is 0 Å². The maximum Gasteiger partial charge on any atom is 0.313 e. The average Bonchev–Trinajstić information content (AvgIpc) is 2.31. The van der Waals surface area contributed by atoms with E-state index in [9.17, 15) is 4.79 Å². The zero-order chi connectivity index (χ0) is 12.3. The fraction of sp³-hybridized carbons (Fsp3) is 0.636. The smallest absolute Gasteiger partial charge is 0.313 e. The van der Waals surface area contributed by atoms with Crippen LogP contribution in [0.25, 0.3) is 0 Å². The Morgan fingerprint density at radius 3 is 3.24 bits per heavy atom. The highest BCUT2D eigenvalue weighted by molar-refractivity contribution is 5.04. The first kappa shape index (κ1) is 12.1. The van der Waals surface area contributed by atoms with Crippen molar-refractivity contribution >= 4 is 0 Å². The van der Waals surface area contributed by atoms with Crippen molar-refractivity contribution in [2.24, 2.45) is 7.05 Å². The van der Waals surface area contributed by atoms with Crippen molar-refractivity contribution in [3.05, 3.63) is 22.7 Å².